The number of ether oxygens (including phenoxy) is 3. The molecule has 0 fully saturated rings. The number of pyridine rings is 1. The zero-order valence-electron chi connectivity index (χ0n) is 12.7. The number of benzene rings is 1. The van der Waals surface area contributed by atoms with E-state index in [1.807, 2.05) is 18.2 Å². The van der Waals surface area contributed by atoms with Crippen LogP contribution in [0.2, 0.25) is 0 Å². The number of carbonyl (C=O) groups is 1. The van der Waals surface area contributed by atoms with Gasteiger partial charge in [-0.25, -0.2) is 4.79 Å². The van der Waals surface area contributed by atoms with Crippen LogP contribution in [0.1, 0.15) is 16.2 Å². The van der Waals surface area contributed by atoms with Gasteiger partial charge in [-0.3, -0.25) is 4.40 Å². The highest BCUT2D eigenvalue weighted by atomic mass is 16.5. The molecule has 0 saturated heterocycles. The van der Waals surface area contributed by atoms with Gasteiger partial charge in [-0.2, -0.15) is 0 Å². The molecular formula is C16H15N3O4. The molecule has 23 heavy (non-hydrogen) atoms. The molecule has 3 rings (SSSR count). The fourth-order valence-corrected chi connectivity index (χ4v) is 2.17. The highest BCUT2D eigenvalue weighted by Crippen LogP contribution is 2.20. The second kappa shape index (κ2) is 6.35. The summed E-state index contributed by atoms with van der Waals surface area (Å²) in [6.07, 6.45) is 1.77. The fourth-order valence-electron chi connectivity index (χ4n) is 2.17. The normalized spacial score (nSPS) is 10.5. The SMILES string of the molecule is COC(=O)c1cccn2c(COc3cccc(OC)c3)nnc12. The Hall–Kier alpha value is -3.09. The van der Waals surface area contributed by atoms with Crippen LogP contribution in [0.4, 0.5) is 0 Å². The largest absolute Gasteiger partial charge is 0.497 e. The Labute approximate surface area is 132 Å². The lowest BCUT2D eigenvalue weighted by atomic mass is 10.3. The van der Waals surface area contributed by atoms with Crippen molar-refractivity contribution in [1.29, 1.82) is 0 Å². The summed E-state index contributed by atoms with van der Waals surface area (Å²) in [6, 6.07) is 10.7. The molecule has 0 saturated carbocycles. The minimum atomic E-state index is -0.455. The first-order valence-electron chi connectivity index (χ1n) is 6.90. The monoisotopic (exact) mass is 313 g/mol. The molecule has 0 bridgehead atoms. The predicted molar refractivity (Wildman–Crippen MR) is 81.7 cm³/mol. The van der Waals surface area contributed by atoms with E-state index in [1.54, 1.807) is 35.9 Å². The highest BCUT2D eigenvalue weighted by molar-refractivity contribution is 5.95. The van der Waals surface area contributed by atoms with Gasteiger partial charge in [-0.1, -0.05) is 6.07 Å². The molecule has 0 atom stereocenters. The summed E-state index contributed by atoms with van der Waals surface area (Å²) in [5.41, 5.74) is 0.790. The zero-order valence-corrected chi connectivity index (χ0v) is 12.7. The molecule has 1 aromatic carbocycles. The third-order valence-corrected chi connectivity index (χ3v) is 3.32. The van der Waals surface area contributed by atoms with Crippen LogP contribution in [-0.4, -0.2) is 34.8 Å². The Kier molecular flexibility index (Phi) is 4.09. The predicted octanol–water partition coefficient (Wildman–Crippen LogP) is 2.10. The van der Waals surface area contributed by atoms with Crippen LogP contribution in [0.15, 0.2) is 42.6 Å². The van der Waals surface area contributed by atoms with Gasteiger partial charge in [-0.15, -0.1) is 10.2 Å². The summed E-state index contributed by atoms with van der Waals surface area (Å²) in [5.74, 6) is 1.49. The standard InChI is InChI=1S/C16H15N3O4/c1-21-11-5-3-6-12(9-11)23-10-14-17-18-15-13(16(20)22-2)7-4-8-19(14)15/h3-9H,10H2,1-2H3. The smallest absolute Gasteiger partial charge is 0.341 e. The van der Waals surface area contributed by atoms with Crippen LogP contribution in [0.3, 0.4) is 0 Å². The molecule has 0 radical (unpaired) electrons. The molecule has 0 unspecified atom stereocenters. The van der Waals surface area contributed by atoms with Gasteiger partial charge < -0.3 is 14.2 Å². The van der Waals surface area contributed by atoms with Crippen molar-refractivity contribution in [2.24, 2.45) is 0 Å². The van der Waals surface area contributed by atoms with E-state index in [1.165, 1.54) is 7.11 Å². The van der Waals surface area contributed by atoms with E-state index >= 15 is 0 Å². The number of carbonyl (C=O) groups excluding carboxylic acids is 1. The van der Waals surface area contributed by atoms with Gasteiger partial charge in [0.25, 0.3) is 0 Å². The number of methoxy groups -OCH3 is 2. The third-order valence-electron chi connectivity index (χ3n) is 3.32. The van der Waals surface area contributed by atoms with Crippen molar-refractivity contribution in [3.8, 4) is 11.5 Å². The Morgan fingerprint density at radius 1 is 1.13 bits per heavy atom. The molecular weight excluding hydrogens is 298 g/mol. The maximum absolute atomic E-state index is 11.7. The van der Waals surface area contributed by atoms with Crippen LogP contribution in [-0.2, 0) is 11.3 Å². The molecule has 3 aromatic rings. The zero-order chi connectivity index (χ0) is 16.2. The van der Waals surface area contributed by atoms with Gasteiger partial charge in [0.05, 0.1) is 14.2 Å². The van der Waals surface area contributed by atoms with Crippen molar-refractivity contribution < 1.29 is 19.0 Å². The number of rotatable bonds is 5. The summed E-state index contributed by atoms with van der Waals surface area (Å²) < 4.78 is 17.3. The lowest BCUT2D eigenvalue weighted by Gasteiger charge is -2.07. The number of hydrogen-bond acceptors (Lipinski definition) is 6. The summed E-state index contributed by atoms with van der Waals surface area (Å²) in [5, 5.41) is 8.12. The number of aromatic nitrogens is 3. The van der Waals surface area contributed by atoms with E-state index in [2.05, 4.69) is 10.2 Å². The lowest BCUT2D eigenvalue weighted by Crippen LogP contribution is -2.06. The molecule has 7 heteroatoms. The fraction of sp³-hybridized carbons (Fsp3) is 0.188. The molecule has 7 nitrogen and oxygen atoms in total. The first-order chi connectivity index (χ1) is 11.2. The maximum atomic E-state index is 11.7. The molecule has 0 amide bonds. The average molecular weight is 313 g/mol. The van der Waals surface area contributed by atoms with Crippen LogP contribution >= 0.6 is 0 Å². The van der Waals surface area contributed by atoms with Gasteiger partial charge in [0, 0.05) is 12.3 Å². The molecule has 2 aromatic heterocycles. The minimum absolute atomic E-state index is 0.207. The third kappa shape index (κ3) is 2.94. The van der Waals surface area contributed by atoms with Crippen LogP contribution in [0.25, 0.3) is 5.65 Å². The summed E-state index contributed by atoms with van der Waals surface area (Å²) in [7, 11) is 2.93. The van der Waals surface area contributed by atoms with Gasteiger partial charge in [-0.05, 0) is 24.3 Å². The van der Waals surface area contributed by atoms with Crippen LogP contribution < -0.4 is 9.47 Å². The van der Waals surface area contributed by atoms with Gasteiger partial charge in [0.15, 0.2) is 11.5 Å². The highest BCUT2D eigenvalue weighted by Gasteiger charge is 2.15. The van der Waals surface area contributed by atoms with E-state index in [4.69, 9.17) is 14.2 Å². The van der Waals surface area contributed by atoms with Crippen molar-refractivity contribution >= 4 is 11.6 Å². The van der Waals surface area contributed by atoms with Crippen molar-refractivity contribution in [2.75, 3.05) is 14.2 Å². The van der Waals surface area contributed by atoms with E-state index in [9.17, 15) is 4.79 Å². The van der Waals surface area contributed by atoms with E-state index in [0.29, 0.717) is 28.5 Å². The summed E-state index contributed by atoms with van der Waals surface area (Å²) in [4.78, 5) is 11.7. The second-order valence-electron chi connectivity index (χ2n) is 4.69. The van der Waals surface area contributed by atoms with E-state index < -0.39 is 5.97 Å². The minimum Gasteiger partial charge on any atom is -0.497 e. The molecule has 0 aliphatic carbocycles. The molecule has 0 spiro atoms. The Morgan fingerprint density at radius 3 is 2.74 bits per heavy atom. The van der Waals surface area contributed by atoms with Gasteiger partial charge >= 0.3 is 5.97 Å². The number of nitrogens with zero attached hydrogens (tertiary/aromatic N) is 3. The van der Waals surface area contributed by atoms with Crippen LogP contribution in [0.5, 0.6) is 11.5 Å². The average Bonchev–Trinajstić information content (AvgIpc) is 3.02. The number of fused-ring (bicyclic) bond motifs is 1. The Balaban J connectivity index is 1.85. The second-order valence-corrected chi connectivity index (χ2v) is 4.69. The molecule has 0 aliphatic rings. The molecule has 0 aliphatic heterocycles. The van der Waals surface area contributed by atoms with E-state index in [0.717, 1.165) is 0 Å². The topological polar surface area (TPSA) is 75.0 Å². The first-order valence-corrected chi connectivity index (χ1v) is 6.90. The van der Waals surface area contributed by atoms with Gasteiger partial charge in [0.2, 0.25) is 0 Å². The summed E-state index contributed by atoms with van der Waals surface area (Å²) >= 11 is 0. The lowest BCUT2D eigenvalue weighted by molar-refractivity contribution is 0.0602. The van der Waals surface area contributed by atoms with Crippen molar-refractivity contribution in [2.45, 2.75) is 6.61 Å². The first kappa shape index (κ1) is 14.8. The van der Waals surface area contributed by atoms with Crippen LogP contribution in [0, 0.1) is 0 Å². The number of esters is 1. The molecule has 0 N–H and O–H groups in total. The van der Waals surface area contributed by atoms with Gasteiger partial charge in [0.1, 0.15) is 23.7 Å². The quantitative estimate of drug-likeness (QED) is 0.672. The Bertz CT molecular complexity index is 844. The van der Waals surface area contributed by atoms with Crippen molar-refractivity contribution in [3.05, 3.63) is 54.0 Å². The summed E-state index contributed by atoms with van der Waals surface area (Å²) in [6.45, 7) is 0.207. The number of hydrogen-bond donors (Lipinski definition) is 0. The molecule has 118 valence electrons. The Morgan fingerprint density at radius 2 is 1.96 bits per heavy atom. The molecule has 2 heterocycles. The van der Waals surface area contributed by atoms with Crippen molar-refractivity contribution in [1.82, 2.24) is 14.6 Å². The van der Waals surface area contributed by atoms with Crippen molar-refractivity contribution in [3.63, 3.8) is 0 Å². The van der Waals surface area contributed by atoms with E-state index in [-0.39, 0.29) is 6.61 Å². The maximum Gasteiger partial charge on any atom is 0.341 e.